The monoisotopic (exact) mass is 452 g/mol. The van der Waals surface area contributed by atoms with Gasteiger partial charge in [0, 0.05) is 41.3 Å². The maximum Gasteiger partial charge on any atom is 0.416 e. The van der Waals surface area contributed by atoms with Gasteiger partial charge < -0.3 is 5.32 Å². The van der Waals surface area contributed by atoms with Gasteiger partial charge in [-0.1, -0.05) is 12.8 Å². The van der Waals surface area contributed by atoms with Gasteiger partial charge >= 0.3 is 6.18 Å². The van der Waals surface area contributed by atoms with E-state index >= 15 is 0 Å². The predicted octanol–water partition coefficient (Wildman–Crippen LogP) is 5.45. The number of nitrogens with one attached hydrogen (secondary N) is 1. The highest BCUT2D eigenvalue weighted by Crippen LogP contribution is 2.47. The molecule has 0 radical (unpaired) electrons. The predicted molar refractivity (Wildman–Crippen MR) is 119 cm³/mol. The number of carbonyl (C=O) groups is 1. The second kappa shape index (κ2) is 7.10. The molecule has 2 fully saturated rings. The van der Waals surface area contributed by atoms with E-state index in [4.69, 9.17) is 0 Å². The van der Waals surface area contributed by atoms with E-state index in [1.165, 1.54) is 31.4 Å². The van der Waals surface area contributed by atoms with Crippen molar-refractivity contribution in [2.24, 2.45) is 18.9 Å². The third-order valence-corrected chi connectivity index (χ3v) is 7.37. The lowest BCUT2D eigenvalue weighted by atomic mass is 9.71. The summed E-state index contributed by atoms with van der Waals surface area (Å²) >= 11 is 0. The van der Waals surface area contributed by atoms with Crippen LogP contribution >= 0.6 is 0 Å². The van der Waals surface area contributed by atoms with Crippen molar-refractivity contribution < 1.29 is 18.0 Å². The van der Waals surface area contributed by atoms with Crippen LogP contribution in [0.4, 0.5) is 13.2 Å². The largest absolute Gasteiger partial charge is 0.416 e. The first kappa shape index (κ1) is 20.3. The Bertz CT molecular complexity index is 1380. The summed E-state index contributed by atoms with van der Waals surface area (Å²) in [6.45, 7) is 0. The van der Waals surface area contributed by atoms with Crippen LogP contribution in [-0.2, 0) is 13.2 Å². The molecule has 2 aromatic carbocycles. The quantitative estimate of drug-likeness (QED) is 0.449. The number of hydrogen-bond donors (Lipinski definition) is 1. The number of carbonyl (C=O) groups excluding carboxylic acids is 1. The highest BCUT2D eigenvalue weighted by molar-refractivity contribution is 6.10. The third kappa shape index (κ3) is 3.22. The molecule has 5 nitrogen and oxygen atoms in total. The molecule has 170 valence electrons. The fourth-order valence-electron chi connectivity index (χ4n) is 5.71. The minimum absolute atomic E-state index is 0.0772. The summed E-state index contributed by atoms with van der Waals surface area (Å²) < 4.78 is 42.6. The van der Waals surface area contributed by atoms with Crippen molar-refractivity contribution in [3.8, 4) is 5.69 Å². The van der Waals surface area contributed by atoms with Gasteiger partial charge in [0.1, 0.15) is 0 Å². The van der Waals surface area contributed by atoms with Crippen molar-refractivity contribution in [2.45, 2.75) is 37.9 Å². The maximum atomic E-state index is 13.0. The SMILES string of the molecule is Cn1cc2c3cc(C(=O)N[C@@H]4C[C@@H]5CCC[C@@H]54)ccc3n(-c3ccc(C(F)(F)F)cc3)c2n1. The van der Waals surface area contributed by atoms with E-state index in [1.807, 2.05) is 22.9 Å². The fourth-order valence-corrected chi connectivity index (χ4v) is 5.71. The Balaban J connectivity index is 1.39. The van der Waals surface area contributed by atoms with Crippen molar-refractivity contribution in [1.82, 2.24) is 19.7 Å². The molecule has 1 N–H and O–H groups in total. The summed E-state index contributed by atoms with van der Waals surface area (Å²) in [5.74, 6) is 1.31. The second-order valence-electron chi connectivity index (χ2n) is 9.32. The van der Waals surface area contributed by atoms with Crippen molar-refractivity contribution in [3.63, 3.8) is 0 Å². The first-order valence-corrected chi connectivity index (χ1v) is 11.3. The molecule has 2 aromatic heterocycles. The third-order valence-electron chi connectivity index (χ3n) is 7.37. The second-order valence-corrected chi connectivity index (χ2v) is 9.32. The van der Waals surface area contributed by atoms with Crippen molar-refractivity contribution >= 4 is 27.8 Å². The highest BCUT2D eigenvalue weighted by Gasteiger charge is 2.44. The van der Waals surface area contributed by atoms with Crippen LogP contribution < -0.4 is 5.32 Å². The first-order valence-electron chi connectivity index (χ1n) is 11.3. The smallest absolute Gasteiger partial charge is 0.349 e. The van der Waals surface area contributed by atoms with Crippen LogP contribution in [0, 0.1) is 11.8 Å². The molecule has 2 saturated carbocycles. The van der Waals surface area contributed by atoms with Crippen LogP contribution in [0.15, 0.2) is 48.7 Å². The van der Waals surface area contributed by atoms with E-state index in [9.17, 15) is 18.0 Å². The van der Waals surface area contributed by atoms with Crippen LogP contribution in [0.2, 0.25) is 0 Å². The Morgan fingerprint density at radius 1 is 1.09 bits per heavy atom. The Labute approximate surface area is 188 Å². The Morgan fingerprint density at radius 3 is 2.61 bits per heavy atom. The standard InChI is InChI=1S/C25H23F3N4O/c1-31-13-20-19-11-15(24(33)29-21-12-14-3-2-4-18(14)21)5-10-22(19)32(23(20)30-31)17-8-6-16(7-9-17)25(26,27)28/h5-11,13-14,18,21H,2-4,12H2,1H3,(H,29,33)/t14-,18-,21+/m0/s1. The summed E-state index contributed by atoms with van der Waals surface area (Å²) in [6.07, 6.45) is 2.27. The van der Waals surface area contributed by atoms with Crippen molar-refractivity contribution in [2.75, 3.05) is 0 Å². The molecule has 3 atom stereocenters. The average Bonchev–Trinajstić information content (AvgIpc) is 3.42. The molecule has 4 aromatic rings. The van der Waals surface area contributed by atoms with E-state index in [1.54, 1.807) is 17.8 Å². The Hall–Kier alpha value is -3.29. The number of aromatic nitrogens is 3. The molecular weight excluding hydrogens is 429 g/mol. The average molecular weight is 452 g/mol. The van der Waals surface area contributed by atoms with Crippen molar-refractivity contribution in [1.29, 1.82) is 0 Å². The first-order chi connectivity index (χ1) is 15.8. The molecule has 33 heavy (non-hydrogen) atoms. The van der Waals surface area contributed by atoms with Gasteiger partial charge in [-0.3, -0.25) is 14.0 Å². The van der Waals surface area contributed by atoms with Crippen LogP contribution in [0.3, 0.4) is 0 Å². The molecular formula is C25H23F3N4O. The molecule has 0 aliphatic heterocycles. The molecule has 6 rings (SSSR count). The zero-order chi connectivity index (χ0) is 22.9. The summed E-state index contributed by atoms with van der Waals surface area (Å²) in [4.78, 5) is 13.0. The number of alkyl halides is 3. The minimum Gasteiger partial charge on any atom is -0.349 e. The number of benzene rings is 2. The molecule has 2 aliphatic carbocycles. The van der Waals surface area contributed by atoms with E-state index in [0.717, 1.165) is 40.8 Å². The lowest BCUT2D eigenvalue weighted by Crippen LogP contribution is -2.50. The number of nitrogens with zero attached hydrogens (tertiary/aromatic N) is 3. The van der Waals surface area contributed by atoms with Gasteiger partial charge in [-0.25, -0.2) is 0 Å². The molecule has 1 amide bonds. The number of aryl methyl sites for hydroxylation is 1. The minimum atomic E-state index is -4.39. The summed E-state index contributed by atoms with van der Waals surface area (Å²) in [6, 6.07) is 10.8. The lowest BCUT2D eigenvalue weighted by Gasteiger charge is -2.40. The summed E-state index contributed by atoms with van der Waals surface area (Å²) in [5.41, 5.74) is 1.90. The molecule has 8 heteroatoms. The number of hydrogen-bond acceptors (Lipinski definition) is 2. The summed E-state index contributed by atoms with van der Waals surface area (Å²) in [5, 5.41) is 9.44. The van der Waals surface area contributed by atoms with Crippen LogP contribution in [0.1, 0.15) is 41.6 Å². The van der Waals surface area contributed by atoms with Gasteiger partial charge in [-0.05, 0) is 67.1 Å². The van der Waals surface area contributed by atoms with Crippen molar-refractivity contribution in [3.05, 3.63) is 59.8 Å². The van der Waals surface area contributed by atoms with Gasteiger partial charge in [0.25, 0.3) is 5.91 Å². The molecule has 0 spiro atoms. The number of fused-ring (bicyclic) bond motifs is 4. The molecule has 2 heterocycles. The van der Waals surface area contributed by atoms with E-state index in [2.05, 4.69) is 10.4 Å². The lowest BCUT2D eigenvalue weighted by molar-refractivity contribution is -0.137. The van der Waals surface area contributed by atoms with Gasteiger partial charge in [0.2, 0.25) is 0 Å². The summed E-state index contributed by atoms with van der Waals surface area (Å²) in [7, 11) is 1.80. The normalized spacial score (nSPS) is 22.5. The maximum absolute atomic E-state index is 13.0. The van der Waals surface area contributed by atoms with Gasteiger partial charge in [-0.2, -0.15) is 18.3 Å². The molecule has 0 saturated heterocycles. The number of rotatable bonds is 3. The molecule has 2 aliphatic rings. The zero-order valence-corrected chi connectivity index (χ0v) is 18.1. The number of halogens is 3. The van der Waals surface area contributed by atoms with Gasteiger partial charge in [0.05, 0.1) is 11.1 Å². The van der Waals surface area contributed by atoms with Crippen LogP contribution in [0.5, 0.6) is 0 Å². The molecule has 0 bridgehead atoms. The van der Waals surface area contributed by atoms with E-state index in [-0.39, 0.29) is 11.9 Å². The molecule has 0 unspecified atom stereocenters. The zero-order valence-electron chi connectivity index (χ0n) is 18.1. The topological polar surface area (TPSA) is 51.9 Å². The Morgan fingerprint density at radius 2 is 1.88 bits per heavy atom. The van der Waals surface area contributed by atoms with Crippen LogP contribution in [-0.4, -0.2) is 26.3 Å². The highest BCUT2D eigenvalue weighted by atomic mass is 19.4. The Kier molecular flexibility index (Phi) is 4.38. The van der Waals surface area contributed by atoms with E-state index < -0.39 is 11.7 Å². The number of amides is 1. The van der Waals surface area contributed by atoms with Crippen LogP contribution in [0.25, 0.3) is 27.6 Å². The fraction of sp³-hybridized carbons (Fsp3) is 0.360. The van der Waals surface area contributed by atoms with E-state index in [0.29, 0.717) is 22.8 Å². The van der Waals surface area contributed by atoms with Gasteiger partial charge in [0.15, 0.2) is 5.65 Å². The van der Waals surface area contributed by atoms with Gasteiger partial charge in [-0.15, -0.1) is 0 Å².